The van der Waals surface area contributed by atoms with Gasteiger partial charge in [0.15, 0.2) is 0 Å². The molecule has 1 N–H and O–H groups in total. The van der Waals surface area contributed by atoms with Crippen molar-refractivity contribution in [2.75, 3.05) is 7.11 Å². The number of methoxy groups -OCH3 is 1. The van der Waals surface area contributed by atoms with E-state index in [1.54, 1.807) is 13.0 Å². The Bertz CT molecular complexity index is 767. The normalized spacial score (nSPS) is 12.9. The predicted octanol–water partition coefficient (Wildman–Crippen LogP) is 2.06. The molecule has 0 saturated heterocycles. The second kappa shape index (κ2) is 7.36. The third-order valence-corrected chi connectivity index (χ3v) is 3.45. The summed E-state index contributed by atoms with van der Waals surface area (Å²) in [5, 5.41) is 12.3. The molecular weight excluding hydrogens is 294 g/mol. The number of hydrogen-bond donors (Lipinski definition) is 1. The lowest BCUT2D eigenvalue weighted by Crippen LogP contribution is -2.42. The van der Waals surface area contributed by atoms with Crippen LogP contribution in [0.25, 0.3) is 10.9 Å². The number of rotatable bonds is 5. The minimum atomic E-state index is -0.867. The number of esters is 1. The highest BCUT2D eigenvalue weighted by Crippen LogP contribution is 2.13. The Morgan fingerprint density at radius 1 is 1.39 bits per heavy atom. The summed E-state index contributed by atoms with van der Waals surface area (Å²) in [5.41, 5.74) is 1.13. The van der Waals surface area contributed by atoms with E-state index in [2.05, 4.69) is 15.0 Å². The van der Waals surface area contributed by atoms with Gasteiger partial charge in [-0.05, 0) is 25.5 Å². The summed E-state index contributed by atoms with van der Waals surface area (Å²) in [6.45, 7) is 1.68. The van der Waals surface area contributed by atoms with Gasteiger partial charge in [0.25, 0.3) is 5.91 Å². The number of pyridine rings is 1. The Hall–Kier alpha value is -2.94. The Morgan fingerprint density at radius 3 is 2.83 bits per heavy atom. The van der Waals surface area contributed by atoms with Crippen LogP contribution >= 0.6 is 0 Å². The van der Waals surface area contributed by atoms with E-state index in [0.717, 1.165) is 10.9 Å². The van der Waals surface area contributed by atoms with Crippen LogP contribution < -0.4 is 5.32 Å². The number of nitriles is 1. The quantitative estimate of drug-likeness (QED) is 0.853. The number of carbonyl (C=O) groups excluding carboxylic acids is 2. The fourth-order valence-corrected chi connectivity index (χ4v) is 2.20. The number of aromatic nitrogens is 1. The number of nitrogens with one attached hydrogen (secondary N) is 1. The standard InChI is InChI=1S/C17H17N3O3/c1-11(9-18)7-15(17(22)23-2)20-16(21)13-8-12-5-3-4-6-14(12)19-10-13/h3-6,8,10-11,15H,7H2,1-2H3,(H,20,21)/t11-,15-/m0/s1. The molecule has 1 aromatic heterocycles. The van der Waals surface area contributed by atoms with Crippen LogP contribution in [0.15, 0.2) is 36.5 Å². The molecule has 2 rings (SSSR count). The zero-order valence-electron chi connectivity index (χ0n) is 12.9. The van der Waals surface area contributed by atoms with E-state index in [4.69, 9.17) is 5.26 Å². The molecule has 1 amide bonds. The van der Waals surface area contributed by atoms with Gasteiger partial charge in [0.05, 0.1) is 24.3 Å². The number of nitrogens with zero attached hydrogens (tertiary/aromatic N) is 2. The van der Waals surface area contributed by atoms with Crippen molar-refractivity contribution in [3.8, 4) is 6.07 Å². The van der Waals surface area contributed by atoms with Crippen molar-refractivity contribution in [3.63, 3.8) is 0 Å². The van der Waals surface area contributed by atoms with Crippen molar-refractivity contribution in [3.05, 3.63) is 42.1 Å². The van der Waals surface area contributed by atoms with E-state index in [9.17, 15) is 9.59 Å². The van der Waals surface area contributed by atoms with Crippen molar-refractivity contribution >= 4 is 22.8 Å². The van der Waals surface area contributed by atoms with Crippen LogP contribution in [0.2, 0.25) is 0 Å². The average molecular weight is 311 g/mol. The van der Waals surface area contributed by atoms with Crippen LogP contribution in [0, 0.1) is 17.2 Å². The third-order valence-electron chi connectivity index (χ3n) is 3.45. The largest absolute Gasteiger partial charge is 0.467 e. The monoisotopic (exact) mass is 311 g/mol. The van der Waals surface area contributed by atoms with Crippen molar-refractivity contribution in [1.82, 2.24) is 10.3 Å². The molecule has 0 saturated carbocycles. The summed E-state index contributed by atoms with van der Waals surface area (Å²) in [5.74, 6) is -1.38. The van der Waals surface area contributed by atoms with Gasteiger partial charge in [-0.3, -0.25) is 9.78 Å². The molecule has 0 spiro atoms. The van der Waals surface area contributed by atoms with Crippen LogP contribution in [0.4, 0.5) is 0 Å². The number of carbonyl (C=O) groups is 2. The van der Waals surface area contributed by atoms with E-state index in [1.807, 2.05) is 30.3 Å². The Morgan fingerprint density at radius 2 is 2.13 bits per heavy atom. The first-order chi connectivity index (χ1) is 11.0. The Kier molecular flexibility index (Phi) is 5.26. The predicted molar refractivity (Wildman–Crippen MR) is 84.4 cm³/mol. The second-order valence-electron chi connectivity index (χ2n) is 5.23. The lowest BCUT2D eigenvalue weighted by atomic mass is 10.0. The fourth-order valence-electron chi connectivity index (χ4n) is 2.20. The van der Waals surface area contributed by atoms with Crippen molar-refractivity contribution in [2.24, 2.45) is 5.92 Å². The van der Waals surface area contributed by atoms with Crippen LogP contribution in [-0.4, -0.2) is 30.0 Å². The van der Waals surface area contributed by atoms with Crippen LogP contribution in [0.1, 0.15) is 23.7 Å². The zero-order chi connectivity index (χ0) is 16.8. The Labute approximate surface area is 134 Å². The first-order valence-electron chi connectivity index (χ1n) is 7.18. The van der Waals surface area contributed by atoms with Crippen molar-refractivity contribution in [2.45, 2.75) is 19.4 Å². The number of hydrogen-bond acceptors (Lipinski definition) is 5. The summed E-state index contributed by atoms with van der Waals surface area (Å²) < 4.78 is 4.69. The van der Waals surface area contributed by atoms with Gasteiger partial charge >= 0.3 is 5.97 Å². The molecular formula is C17H17N3O3. The molecule has 0 fully saturated rings. The first-order valence-corrected chi connectivity index (χ1v) is 7.18. The number of para-hydroxylation sites is 1. The maximum absolute atomic E-state index is 12.3. The van der Waals surface area contributed by atoms with E-state index < -0.39 is 17.9 Å². The van der Waals surface area contributed by atoms with Crippen LogP contribution in [0.3, 0.4) is 0 Å². The molecule has 1 heterocycles. The second-order valence-corrected chi connectivity index (χ2v) is 5.23. The molecule has 1 aromatic carbocycles. The number of fused-ring (bicyclic) bond motifs is 1. The van der Waals surface area contributed by atoms with Crippen molar-refractivity contribution < 1.29 is 14.3 Å². The van der Waals surface area contributed by atoms with Gasteiger partial charge in [0.1, 0.15) is 6.04 Å². The van der Waals surface area contributed by atoms with E-state index >= 15 is 0 Å². The molecule has 0 aliphatic carbocycles. The molecule has 0 unspecified atom stereocenters. The fraction of sp³-hybridized carbons (Fsp3) is 0.294. The van der Waals surface area contributed by atoms with Crippen LogP contribution in [0.5, 0.6) is 0 Å². The highest BCUT2D eigenvalue weighted by Gasteiger charge is 2.24. The highest BCUT2D eigenvalue weighted by atomic mass is 16.5. The number of benzene rings is 1. The SMILES string of the molecule is COC(=O)[C@H](C[C@H](C)C#N)NC(=O)c1cnc2ccccc2c1. The van der Waals surface area contributed by atoms with Gasteiger partial charge in [0.2, 0.25) is 0 Å². The van der Waals surface area contributed by atoms with Gasteiger partial charge in [-0.25, -0.2) is 4.79 Å². The van der Waals surface area contributed by atoms with Gasteiger partial charge in [-0.15, -0.1) is 0 Å². The van der Waals surface area contributed by atoms with Gasteiger partial charge in [0, 0.05) is 17.5 Å². The maximum Gasteiger partial charge on any atom is 0.328 e. The van der Waals surface area contributed by atoms with E-state index in [1.165, 1.54) is 13.3 Å². The smallest absolute Gasteiger partial charge is 0.328 e. The van der Waals surface area contributed by atoms with Crippen LogP contribution in [-0.2, 0) is 9.53 Å². The zero-order valence-corrected chi connectivity index (χ0v) is 12.9. The van der Waals surface area contributed by atoms with E-state index in [-0.39, 0.29) is 12.3 Å². The lowest BCUT2D eigenvalue weighted by Gasteiger charge is -2.17. The minimum Gasteiger partial charge on any atom is -0.467 e. The molecule has 6 heteroatoms. The molecule has 118 valence electrons. The highest BCUT2D eigenvalue weighted by molar-refractivity contribution is 5.99. The molecule has 0 aliphatic heterocycles. The van der Waals surface area contributed by atoms with E-state index in [0.29, 0.717) is 5.56 Å². The minimum absolute atomic E-state index is 0.190. The molecule has 0 bridgehead atoms. The molecule has 23 heavy (non-hydrogen) atoms. The summed E-state index contributed by atoms with van der Waals surface area (Å²) in [4.78, 5) is 28.4. The summed E-state index contributed by atoms with van der Waals surface area (Å²) >= 11 is 0. The summed E-state index contributed by atoms with van der Waals surface area (Å²) in [7, 11) is 1.25. The molecule has 0 radical (unpaired) electrons. The van der Waals surface area contributed by atoms with Gasteiger partial charge in [-0.2, -0.15) is 5.26 Å². The lowest BCUT2D eigenvalue weighted by molar-refractivity contribution is -0.143. The summed E-state index contributed by atoms with van der Waals surface area (Å²) in [6.07, 6.45) is 1.65. The molecule has 2 atom stereocenters. The average Bonchev–Trinajstić information content (AvgIpc) is 2.59. The summed E-state index contributed by atoms with van der Waals surface area (Å²) in [6, 6.07) is 10.3. The molecule has 2 aromatic rings. The third kappa shape index (κ3) is 4.04. The van der Waals surface area contributed by atoms with Gasteiger partial charge in [-0.1, -0.05) is 18.2 Å². The maximum atomic E-state index is 12.3. The molecule has 6 nitrogen and oxygen atoms in total. The topological polar surface area (TPSA) is 92.1 Å². The number of ether oxygens (including phenoxy) is 1. The Balaban J connectivity index is 2.19. The molecule has 0 aliphatic rings. The van der Waals surface area contributed by atoms with Gasteiger partial charge < -0.3 is 10.1 Å². The first kappa shape index (κ1) is 16.4. The van der Waals surface area contributed by atoms with Crippen molar-refractivity contribution in [1.29, 1.82) is 5.26 Å². The number of amides is 1.